The van der Waals surface area contributed by atoms with Crippen molar-refractivity contribution in [3.8, 4) is 0 Å². The Labute approximate surface area is 169 Å². The summed E-state index contributed by atoms with van der Waals surface area (Å²) in [7, 11) is 0. The zero-order chi connectivity index (χ0) is 19.2. The molecule has 142 valence electrons. The molecule has 1 saturated heterocycles. The van der Waals surface area contributed by atoms with Gasteiger partial charge < -0.3 is 10.2 Å². The highest BCUT2D eigenvalue weighted by molar-refractivity contribution is 9.10. The molecule has 1 unspecified atom stereocenters. The summed E-state index contributed by atoms with van der Waals surface area (Å²) in [4.78, 5) is 27.7. The van der Waals surface area contributed by atoms with Gasteiger partial charge in [0.25, 0.3) is 5.91 Å². The summed E-state index contributed by atoms with van der Waals surface area (Å²) in [5.74, 6) is 0.442. The summed E-state index contributed by atoms with van der Waals surface area (Å²) in [5, 5.41) is 2.96. The lowest BCUT2D eigenvalue weighted by Crippen LogP contribution is -2.51. The molecule has 1 N–H and O–H groups in total. The van der Waals surface area contributed by atoms with Crippen LogP contribution in [-0.2, 0) is 11.2 Å². The number of likely N-dealkylation sites (tertiary alicyclic amines) is 1. The highest BCUT2D eigenvalue weighted by atomic mass is 79.9. The Bertz CT molecular complexity index is 769. The fraction of sp³-hybridized carbons (Fsp3) is 0.364. The van der Waals surface area contributed by atoms with Crippen LogP contribution in [0.1, 0.15) is 35.7 Å². The standard InChI is InChI=1S/C22H25BrN2O2/c1-16-11-13-25(14-12-16)22(27)20(15-17-5-3-2-4-6-17)24-21(26)18-7-9-19(23)10-8-18/h2-10,16,20H,11-15H2,1H3,(H,24,26). The maximum absolute atomic E-state index is 13.1. The van der Waals surface area contributed by atoms with Crippen molar-refractivity contribution in [1.29, 1.82) is 0 Å². The molecule has 2 amide bonds. The van der Waals surface area contributed by atoms with Crippen molar-refractivity contribution in [3.63, 3.8) is 0 Å². The first-order valence-corrected chi connectivity index (χ1v) is 10.2. The molecule has 0 bridgehead atoms. The van der Waals surface area contributed by atoms with Gasteiger partial charge in [0.1, 0.15) is 6.04 Å². The number of piperidine rings is 1. The zero-order valence-electron chi connectivity index (χ0n) is 15.5. The number of rotatable bonds is 5. The second-order valence-corrected chi connectivity index (χ2v) is 8.15. The second kappa shape index (κ2) is 9.18. The van der Waals surface area contributed by atoms with E-state index in [1.54, 1.807) is 12.1 Å². The molecule has 1 aliphatic heterocycles. The van der Waals surface area contributed by atoms with Crippen LogP contribution in [0.25, 0.3) is 0 Å². The van der Waals surface area contributed by atoms with Crippen LogP contribution in [-0.4, -0.2) is 35.8 Å². The van der Waals surface area contributed by atoms with Gasteiger partial charge in [-0.1, -0.05) is 53.2 Å². The van der Waals surface area contributed by atoms with E-state index in [1.165, 1.54) is 0 Å². The predicted molar refractivity (Wildman–Crippen MR) is 111 cm³/mol. The first kappa shape index (κ1) is 19.6. The molecule has 0 saturated carbocycles. The number of amides is 2. The summed E-state index contributed by atoms with van der Waals surface area (Å²) < 4.78 is 0.915. The number of hydrogen-bond donors (Lipinski definition) is 1. The third-order valence-electron chi connectivity index (χ3n) is 5.09. The van der Waals surface area contributed by atoms with E-state index in [0.717, 1.165) is 36.0 Å². The average Bonchev–Trinajstić information content (AvgIpc) is 2.69. The third-order valence-corrected chi connectivity index (χ3v) is 5.62. The Balaban J connectivity index is 1.75. The average molecular weight is 429 g/mol. The third kappa shape index (κ3) is 5.42. The SMILES string of the molecule is CC1CCN(C(=O)C(Cc2ccccc2)NC(=O)c2ccc(Br)cc2)CC1. The van der Waals surface area contributed by atoms with E-state index in [0.29, 0.717) is 17.9 Å². The van der Waals surface area contributed by atoms with Crippen LogP contribution in [0.15, 0.2) is 59.1 Å². The van der Waals surface area contributed by atoms with E-state index >= 15 is 0 Å². The zero-order valence-corrected chi connectivity index (χ0v) is 17.1. The van der Waals surface area contributed by atoms with Gasteiger partial charge in [-0.2, -0.15) is 0 Å². The largest absolute Gasteiger partial charge is 0.341 e. The predicted octanol–water partition coefficient (Wildman–Crippen LogP) is 4.05. The summed E-state index contributed by atoms with van der Waals surface area (Å²) in [6, 6.07) is 16.5. The van der Waals surface area contributed by atoms with Gasteiger partial charge in [0.05, 0.1) is 0 Å². The molecule has 5 heteroatoms. The van der Waals surface area contributed by atoms with Crippen molar-refractivity contribution in [2.75, 3.05) is 13.1 Å². The Morgan fingerprint density at radius 2 is 1.70 bits per heavy atom. The van der Waals surface area contributed by atoms with E-state index in [1.807, 2.05) is 47.4 Å². The van der Waals surface area contributed by atoms with Gasteiger partial charge in [-0.25, -0.2) is 0 Å². The first-order valence-electron chi connectivity index (χ1n) is 9.42. The molecule has 0 aliphatic carbocycles. The van der Waals surface area contributed by atoms with E-state index in [-0.39, 0.29) is 11.8 Å². The maximum atomic E-state index is 13.1. The normalized spacial score (nSPS) is 16.0. The van der Waals surface area contributed by atoms with E-state index in [9.17, 15) is 9.59 Å². The van der Waals surface area contributed by atoms with Gasteiger partial charge in [-0.3, -0.25) is 9.59 Å². The maximum Gasteiger partial charge on any atom is 0.251 e. The lowest BCUT2D eigenvalue weighted by molar-refractivity contribution is -0.134. The number of carbonyl (C=O) groups excluding carboxylic acids is 2. The van der Waals surface area contributed by atoms with Gasteiger partial charge in [-0.15, -0.1) is 0 Å². The van der Waals surface area contributed by atoms with Crippen LogP contribution in [0.2, 0.25) is 0 Å². The van der Waals surface area contributed by atoms with Gasteiger partial charge in [0.2, 0.25) is 5.91 Å². The minimum absolute atomic E-state index is 0.0104. The van der Waals surface area contributed by atoms with Crippen molar-refractivity contribution >= 4 is 27.7 Å². The van der Waals surface area contributed by atoms with Gasteiger partial charge >= 0.3 is 0 Å². The minimum Gasteiger partial charge on any atom is -0.341 e. The van der Waals surface area contributed by atoms with Crippen LogP contribution in [0.4, 0.5) is 0 Å². The summed E-state index contributed by atoms with van der Waals surface area (Å²) in [5.41, 5.74) is 1.59. The fourth-order valence-corrected chi connectivity index (χ4v) is 3.61. The Morgan fingerprint density at radius 1 is 1.07 bits per heavy atom. The molecule has 1 fully saturated rings. The number of nitrogens with one attached hydrogen (secondary N) is 1. The Morgan fingerprint density at radius 3 is 2.33 bits per heavy atom. The quantitative estimate of drug-likeness (QED) is 0.780. The molecular weight excluding hydrogens is 404 g/mol. The van der Waals surface area contributed by atoms with Crippen molar-refractivity contribution in [2.24, 2.45) is 5.92 Å². The molecule has 1 atom stereocenters. The van der Waals surface area contributed by atoms with Crippen LogP contribution in [0.5, 0.6) is 0 Å². The monoisotopic (exact) mass is 428 g/mol. The van der Waals surface area contributed by atoms with Gasteiger partial charge in [-0.05, 0) is 48.6 Å². The topological polar surface area (TPSA) is 49.4 Å². The molecule has 2 aromatic carbocycles. The van der Waals surface area contributed by atoms with Crippen molar-refractivity contribution in [3.05, 3.63) is 70.2 Å². The van der Waals surface area contributed by atoms with Crippen LogP contribution in [0.3, 0.4) is 0 Å². The molecule has 1 heterocycles. The summed E-state index contributed by atoms with van der Waals surface area (Å²) in [6.07, 6.45) is 2.53. The molecule has 4 nitrogen and oxygen atoms in total. The molecule has 1 aliphatic rings. The number of benzene rings is 2. The molecule has 27 heavy (non-hydrogen) atoms. The van der Waals surface area contributed by atoms with Gasteiger partial charge in [0, 0.05) is 29.5 Å². The van der Waals surface area contributed by atoms with Crippen LogP contribution in [0, 0.1) is 5.92 Å². The number of halogens is 1. The number of hydrogen-bond acceptors (Lipinski definition) is 2. The molecule has 0 radical (unpaired) electrons. The molecular formula is C22H25BrN2O2. The second-order valence-electron chi connectivity index (χ2n) is 7.23. The summed E-state index contributed by atoms with van der Waals surface area (Å²) in [6.45, 7) is 3.75. The summed E-state index contributed by atoms with van der Waals surface area (Å²) >= 11 is 3.38. The lowest BCUT2D eigenvalue weighted by Gasteiger charge is -2.33. The lowest BCUT2D eigenvalue weighted by atomic mass is 9.97. The number of carbonyl (C=O) groups is 2. The molecule has 0 spiro atoms. The van der Waals surface area contributed by atoms with E-state index in [4.69, 9.17) is 0 Å². The fourth-order valence-electron chi connectivity index (χ4n) is 3.34. The van der Waals surface area contributed by atoms with Gasteiger partial charge in [0.15, 0.2) is 0 Å². The van der Waals surface area contributed by atoms with Crippen molar-refractivity contribution < 1.29 is 9.59 Å². The van der Waals surface area contributed by atoms with Crippen molar-refractivity contribution in [2.45, 2.75) is 32.2 Å². The highest BCUT2D eigenvalue weighted by Gasteiger charge is 2.28. The van der Waals surface area contributed by atoms with Crippen LogP contribution < -0.4 is 5.32 Å². The molecule has 3 rings (SSSR count). The van der Waals surface area contributed by atoms with Crippen LogP contribution >= 0.6 is 15.9 Å². The number of nitrogens with zero attached hydrogens (tertiary/aromatic N) is 1. The Kier molecular flexibility index (Phi) is 6.67. The minimum atomic E-state index is -0.558. The van der Waals surface area contributed by atoms with E-state index in [2.05, 4.69) is 28.2 Å². The molecule has 0 aromatic heterocycles. The molecule has 2 aromatic rings. The first-order chi connectivity index (χ1) is 13.0. The van der Waals surface area contributed by atoms with E-state index < -0.39 is 6.04 Å². The Hall–Kier alpha value is -2.14. The van der Waals surface area contributed by atoms with Crippen molar-refractivity contribution in [1.82, 2.24) is 10.2 Å². The highest BCUT2D eigenvalue weighted by Crippen LogP contribution is 2.18. The smallest absolute Gasteiger partial charge is 0.251 e.